The maximum absolute atomic E-state index is 13.3. The number of hydrogen-bond acceptors (Lipinski definition) is 5. The molecule has 0 fully saturated rings. The normalized spacial score (nSPS) is 13.2. The number of Topliss-reactive ketones (excluding diaryl/α,β-unsaturated/α-hetero) is 1. The number of aryl methyl sites for hydroxylation is 1. The molecule has 7 heteroatoms. The zero-order chi connectivity index (χ0) is 19.4. The molecule has 0 spiro atoms. The lowest BCUT2D eigenvalue weighted by molar-refractivity contribution is -0.118. The van der Waals surface area contributed by atoms with Gasteiger partial charge in [0.1, 0.15) is 22.6 Å². The molecule has 1 N–H and O–H groups in total. The number of nitriles is 1. The number of nitrogens with one attached hydrogen (secondary N) is 1. The van der Waals surface area contributed by atoms with Crippen molar-refractivity contribution in [3.05, 3.63) is 45.6 Å². The average molecular weight is 386 g/mol. The Kier molecular flexibility index (Phi) is 5.87. The molecule has 3 rings (SSSR count). The third-order valence-corrected chi connectivity index (χ3v) is 5.67. The van der Waals surface area contributed by atoms with Gasteiger partial charge in [0.05, 0.1) is 11.1 Å². The van der Waals surface area contributed by atoms with Crippen LogP contribution >= 0.6 is 11.3 Å². The second-order valence-electron chi connectivity index (χ2n) is 6.41. The second kappa shape index (κ2) is 8.31. The first kappa shape index (κ1) is 19.1. The molecule has 1 heterocycles. The number of hydrogen-bond donors (Lipinski definition) is 1. The number of ketones is 1. The smallest absolute Gasteiger partial charge is 0.262 e. The zero-order valence-corrected chi connectivity index (χ0v) is 15.7. The number of halogens is 1. The molecule has 1 aromatic heterocycles. The fraction of sp³-hybridized carbons (Fsp3) is 0.350. The third kappa shape index (κ3) is 4.34. The molecular weight excluding hydrogens is 367 g/mol. The van der Waals surface area contributed by atoms with Gasteiger partial charge in [-0.3, -0.25) is 9.59 Å². The van der Waals surface area contributed by atoms with E-state index in [1.165, 1.54) is 30.4 Å². The van der Waals surface area contributed by atoms with Crippen LogP contribution in [0, 0.1) is 17.1 Å². The Labute approximate surface area is 160 Å². The lowest BCUT2D eigenvalue weighted by atomic mass is 10.1. The molecule has 0 saturated heterocycles. The summed E-state index contributed by atoms with van der Waals surface area (Å²) in [6, 6.07) is 5.79. The van der Waals surface area contributed by atoms with Crippen LogP contribution in [-0.2, 0) is 17.6 Å². The Morgan fingerprint density at radius 1 is 1.30 bits per heavy atom. The molecule has 2 aromatic rings. The first-order valence-corrected chi connectivity index (χ1v) is 9.59. The largest absolute Gasteiger partial charge is 0.483 e. The lowest BCUT2D eigenvalue weighted by Gasteiger charge is -2.10. The van der Waals surface area contributed by atoms with Crippen molar-refractivity contribution < 1.29 is 18.7 Å². The molecule has 0 aliphatic heterocycles. The number of carbonyl (C=O) groups excluding carboxylic acids is 2. The predicted octanol–water partition coefficient (Wildman–Crippen LogP) is 4.25. The highest BCUT2D eigenvalue weighted by molar-refractivity contribution is 7.16. The standard InChI is InChI=1S/C20H19FN2O3S/c1-12(24)15-9-13(21)7-8-17(15)26-11-19(25)23-20-16(10-22)14-5-3-2-4-6-18(14)27-20/h7-9H,2-6,11H2,1H3,(H,23,25). The summed E-state index contributed by atoms with van der Waals surface area (Å²) in [5.41, 5.74) is 1.67. The van der Waals surface area contributed by atoms with Crippen molar-refractivity contribution in [3.8, 4) is 11.8 Å². The SMILES string of the molecule is CC(=O)c1cc(F)ccc1OCC(=O)Nc1sc2c(c1C#N)CCCCC2. The first-order valence-electron chi connectivity index (χ1n) is 8.77. The van der Waals surface area contributed by atoms with Gasteiger partial charge in [-0.1, -0.05) is 6.42 Å². The number of amides is 1. The maximum atomic E-state index is 13.3. The van der Waals surface area contributed by atoms with E-state index in [4.69, 9.17) is 4.74 Å². The maximum Gasteiger partial charge on any atom is 0.262 e. The van der Waals surface area contributed by atoms with Crippen LogP contribution in [0.2, 0.25) is 0 Å². The molecule has 5 nitrogen and oxygen atoms in total. The quantitative estimate of drug-likeness (QED) is 0.615. The minimum absolute atomic E-state index is 0.0864. The zero-order valence-electron chi connectivity index (χ0n) is 14.9. The van der Waals surface area contributed by atoms with Crippen molar-refractivity contribution in [1.29, 1.82) is 5.26 Å². The molecule has 27 heavy (non-hydrogen) atoms. The molecule has 0 saturated carbocycles. The summed E-state index contributed by atoms with van der Waals surface area (Å²) in [4.78, 5) is 25.0. The highest BCUT2D eigenvalue weighted by atomic mass is 32.1. The molecule has 0 unspecified atom stereocenters. The number of benzene rings is 1. The van der Waals surface area contributed by atoms with E-state index in [0.29, 0.717) is 10.6 Å². The molecule has 1 amide bonds. The van der Waals surface area contributed by atoms with Gasteiger partial charge in [-0.2, -0.15) is 5.26 Å². The molecule has 0 bridgehead atoms. The minimum Gasteiger partial charge on any atom is -0.483 e. The van der Waals surface area contributed by atoms with Crippen LogP contribution in [0.1, 0.15) is 52.5 Å². The summed E-state index contributed by atoms with van der Waals surface area (Å²) in [7, 11) is 0. The molecule has 1 aliphatic carbocycles. The van der Waals surface area contributed by atoms with Gasteiger partial charge in [-0.25, -0.2) is 4.39 Å². The van der Waals surface area contributed by atoms with Crippen LogP contribution in [0.15, 0.2) is 18.2 Å². The molecule has 0 radical (unpaired) electrons. The van der Waals surface area contributed by atoms with Crippen molar-refractivity contribution in [2.75, 3.05) is 11.9 Å². The van der Waals surface area contributed by atoms with E-state index in [1.54, 1.807) is 0 Å². The van der Waals surface area contributed by atoms with Gasteiger partial charge in [0.15, 0.2) is 12.4 Å². The van der Waals surface area contributed by atoms with Crippen LogP contribution in [0.25, 0.3) is 0 Å². The summed E-state index contributed by atoms with van der Waals surface area (Å²) in [6.07, 6.45) is 5.08. The number of rotatable bonds is 5. The highest BCUT2D eigenvalue weighted by Gasteiger charge is 2.21. The molecule has 140 valence electrons. The second-order valence-corrected chi connectivity index (χ2v) is 7.52. The summed E-state index contributed by atoms with van der Waals surface area (Å²) in [5.74, 6) is -1.17. The van der Waals surface area contributed by atoms with E-state index in [1.807, 2.05) is 0 Å². The van der Waals surface area contributed by atoms with Crippen LogP contribution in [0.3, 0.4) is 0 Å². The van der Waals surface area contributed by atoms with Crippen molar-refractivity contribution >= 4 is 28.0 Å². The topological polar surface area (TPSA) is 79.2 Å². The van der Waals surface area contributed by atoms with Gasteiger partial charge in [-0.05, 0) is 56.4 Å². The highest BCUT2D eigenvalue weighted by Crippen LogP contribution is 2.37. The number of thiophene rings is 1. The Morgan fingerprint density at radius 3 is 2.81 bits per heavy atom. The third-order valence-electron chi connectivity index (χ3n) is 4.47. The first-order chi connectivity index (χ1) is 13.0. The Morgan fingerprint density at radius 2 is 2.07 bits per heavy atom. The lowest BCUT2D eigenvalue weighted by Crippen LogP contribution is -2.20. The van der Waals surface area contributed by atoms with Crippen LogP contribution in [0.5, 0.6) is 5.75 Å². The van der Waals surface area contributed by atoms with Crippen LogP contribution in [-0.4, -0.2) is 18.3 Å². The fourth-order valence-corrected chi connectivity index (χ4v) is 4.41. The summed E-state index contributed by atoms with van der Waals surface area (Å²) < 4.78 is 18.7. The number of fused-ring (bicyclic) bond motifs is 1. The molecule has 1 aromatic carbocycles. The number of carbonyl (C=O) groups is 2. The number of anilines is 1. The summed E-state index contributed by atoms with van der Waals surface area (Å²) >= 11 is 1.45. The van der Waals surface area contributed by atoms with E-state index in [9.17, 15) is 19.2 Å². The Balaban J connectivity index is 1.71. The van der Waals surface area contributed by atoms with E-state index < -0.39 is 11.7 Å². The van der Waals surface area contributed by atoms with Gasteiger partial charge in [-0.15, -0.1) is 11.3 Å². The monoisotopic (exact) mass is 386 g/mol. The molecular formula is C20H19FN2O3S. The van der Waals surface area contributed by atoms with Crippen molar-refractivity contribution in [3.63, 3.8) is 0 Å². The van der Waals surface area contributed by atoms with Crippen molar-refractivity contribution in [1.82, 2.24) is 0 Å². The Bertz CT molecular complexity index is 930. The van der Waals surface area contributed by atoms with Crippen LogP contribution < -0.4 is 10.1 Å². The van der Waals surface area contributed by atoms with E-state index in [2.05, 4.69) is 11.4 Å². The van der Waals surface area contributed by atoms with Gasteiger partial charge in [0.25, 0.3) is 5.91 Å². The predicted molar refractivity (Wildman–Crippen MR) is 101 cm³/mol. The van der Waals surface area contributed by atoms with Gasteiger partial charge < -0.3 is 10.1 Å². The minimum atomic E-state index is -0.546. The molecule has 1 aliphatic rings. The van der Waals surface area contributed by atoms with Gasteiger partial charge in [0, 0.05) is 4.88 Å². The van der Waals surface area contributed by atoms with Crippen molar-refractivity contribution in [2.45, 2.75) is 39.0 Å². The van der Waals surface area contributed by atoms with E-state index in [-0.39, 0.29) is 23.7 Å². The Hall–Kier alpha value is -2.72. The average Bonchev–Trinajstić information content (AvgIpc) is 2.80. The van der Waals surface area contributed by atoms with Crippen LogP contribution in [0.4, 0.5) is 9.39 Å². The summed E-state index contributed by atoms with van der Waals surface area (Å²) in [6.45, 7) is 0.971. The fourth-order valence-electron chi connectivity index (χ4n) is 3.16. The molecule has 0 atom stereocenters. The number of ether oxygens (including phenoxy) is 1. The van der Waals surface area contributed by atoms with E-state index in [0.717, 1.165) is 48.6 Å². The van der Waals surface area contributed by atoms with Crippen molar-refractivity contribution in [2.24, 2.45) is 0 Å². The van der Waals surface area contributed by atoms with E-state index >= 15 is 0 Å². The number of nitrogens with zero attached hydrogens (tertiary/aromatic N) is 1. The summed E-state index contributed by atoms with van der Waals surface area (Å²) in [5, 5.41) is 12.8. The van der Waals surface area contributed by atoms with Gasteiger partial charge in [0.2, 0.25) is 0 Å². The van der Waals surface area contributed by atoms with Gasteiger partial charge >= 0.3 is 0 Å².